The molecule has 1 atom stereocenters. The van der Waals surface area contributed by atoms with Crippen LogP contribution in [0.15, 0.2) is 24.3 Å². The molecule has 1 aromatic rings. The fourth-order valence-corrected chi connectivity index (χ4v) is 1.85. The highest BCUT2D eigenvalue weighted by Crippen LogP contribution is 2.17. The van der Waals surface area contributed by atoms with Crippen LogP contribution in [0.25, 0.3) is 0 Å². The number of hydrogen-bond donors (Lipinski definition) is 1. The van der Waals surface area contributed by atoms with Gasteiger partial charge in [-0.25, -0.2) is 0 Å². The van der Waals surface area contributed by atoms with Crippen LogP contribution < -0.4 is 5.73 Å². The van der Waals surface area contributed by atoms with Crippen LogP contribution in [0.4, 0.5) is 0 Å². The molecule has 3 nitrogen and oxygen atoms in total. The quantitative estimate of drug-likeness (QED) is 0.648. The molecule has 0 bridgehead atoms. The fourth-order valence-electron chi connectivity index (χ4n) is 1.85. The van der Waals surface area contributed by atoms with Gasteiger partial charge in [-0.3, -0.25) is 4.79 Å². The van der Waals surface area contributed by atoms with Gasteiger partial charge in [-0.15, -0.1) is 0 Å². The van der Waals surface area contributed by atoms with Crippen molar-refractivity contribution in [1.29, 1.82) is 0 Å². The predicted molar refractivity (Wildman–Crippen MR) is 54.6 cm³/mol. The van der Waals surface area contributed by atoms with Gasteiger partial charge in [-0.05, 0) is 17.5 Å². The molecule has 1 aromatic carbocycles. The fraction of sp³-hybridized carbons (Fsp3) is 0.364. The maximum atomic E-state index is 11.6. The van der Waals surface area contributed by atoms with Crippen LogP contribution in [0.3, 0.4) is 0 Å². The predicted octanol–water partition coefficient (Wildman–Crippen LogP) is 0.528. The second-order valence-electron chi connectivity index (χ2n) is 3.77. The lowest BCUT2D eigenvalue weighted by Gasteiger charge is -2.16. The second-order valence-corrected chi connectivity index (χ2v) is 3.77. The van der Waals surface area contributed by atoms with Gasteiger partial charge in [0.1, 0.15) is 0 Å². The lowest BCUT2D eigenvalue weighted by Crippen LogP contribution is -2.40. The zero-order valence-corrected chi connectivity index (χ0v) is 8.23. The van der Waals surface area contributed by atoms with Gasteiger partial charge in [0.15, 0.2) is 0 Å². The third-order valence-corrected chi connectivity index (χ3v) is 2.66. The highest BCUT2D eigenvalue weighted by atomic mass is 16.2. The summed E-state index contributed by atoms with van der Waals surface area (Å²) >= 11 is 0. The minimum Gasteiger partial charge on any atom is -0.340 e. The van der Waals surface area contributed by atoms with E-state index in [4.69, 9.17) is 5.73 Å². The van der Waals surface area contributed by atoms with Crippen LogP contribution >= 0.6 is 0 Å². The van der Waals surface area contributed by atoms with Gasteiger partial charge in [0.05, 0.1) is 6.04 Å². The summed E-state index contributed by atoms with van der Waals surface area (Å²) in [6.45, 7) is 0.669. The number of likely N-dealkylation sites (N-methyl/N-ethyl adjacent to an activating group) is 1. The molecular weight excluding hydrogens is 176 g/mol. The third-order valence-electron chi connectivity index (χ3n) is 2.66. The Morgan fingerprint density at radius 1 is 1.36 bits per heavy atom. The molecule has 0 aromatic heterocycles. The molecule has 1 aliphatic heterocycles. The van der Waals surface area contributed by atoms with Crippen molar-refractivity contribution >= 4 is 5.91 Å². The molecular formula is C11H14N2O. The van der Waals surface area contributed by atoms with Crippen molar-refractivity contribution in [2.24, 2.45) is 5.73 Å². The Morgan fingerprint density at radius 2 is 2.00 bits per heavy atom. The van der Waals surface area contributed by atoms with Crippen molar-refractivity contribution in [3.05, 3.63) is 35.4 Å². The molecule has 1 amide bonds. The van der Waals surface area contributed by atoms with E-state index in [0.29, 0.717) is 13.0 Å². The van der Waals surface area contributed by atoms with Crippen LogP contribution in [0.2, 0.25) is 0 Å². The monoisotopic (exact) mass is 190 g/mol. The Kier molecular flexibility index (Phi) is 2.25. The average molecular weight is 190 g/mol. The van der Waals surface area contributed by atoms with E-state index in [1.807, 2.05) is 18.2 Å². The molecule has 0 saturated carbocycles. The summed E-state index contributed by atoms with van der Waals surface area (Å²) in [5.74, 6) is 0.0289. The van der Waals surface area contributed by atoms with Crippen molar-refractivity contribution in [2.45, 2.75) is 19.0 Å². The van der Waals surface area contributed by atoms with E-state index >= 15 is 0 Å². The lowest BCUT2D eigenvalue weighted by molar-refractivity contribution is -0.131. The highest BCUT2D eigenvalue weighted by molar-refractivity contribution is 5.82. The van der Waals surface area contributed by atoms with E-state index in [1.54, 1.807) is 11.9 Å². The van der Waals surface area contributed by atoms with Gasteiger partial charge in [-0.1, -0.05) is 24.3 Å². The van der Waals surface area contributed by atoms with Crippen molar-refractivity contribution in [3.63, 3.8) is 0 Å². The molecule has 2 N–H and O–H groups in total. The Morgan fingerprint density at radius 3 is 2.71 bits per heavy atom. The van der Waals surface area contributed by atoms with E-state index in [2.05, 4.69) is 6.07 Å². The van der Waals surface area contributed by atoms with Crippen LogP contribution in [0.1, 0.15) is 11.1 Å². The third kappa shape index (κ3) is 1.51. The molecule has 3 heteroatoms. The van der Waals surface area contributed by atoms with Gasteiger partial charge in [0, 0.05) is 13.6 Å². The summed E-state index contributed by atoms with van der Waals surface area (Å²) in [4.78, 5) is 13.3. The van der Waals surface area contributed by atoms with E-state index < -0.39 is 0 Å². The van der Waals surface area contributed by atoms with Gasteiger partial charge in [0.2, 0.25) is 5.91 Å². The van der Waals surface area contributed by atoms with Gasteiger partial charge >= 0.3 is 0 Å². The number of hydrogen-bond acceptors (Lipinski definition) is 2. The van der Waals surface area contributed by atoms with Crippen LogP contribution in [-0.2, 0) is 17.8 Å². The summed E-state index contributed by atoms with van der Waals surface area (Å²) in [6, 6.07) is 7.69. The number of rotatable bonds is 0. The van der Waals surface area contributed by atoms with Gasteiger partial charge < -0.3 is 10.6 Å². The SMILES string of the molecule is CN1Cc2ccccc2C[C@H](N)C1=O. The molecule has 0 radical (unpaired) electrons. The smallest absolute Gasteiger partial charge is 0.239 e. The number of amides is 1. The van der Waals surface area contributed by atoms with E-state index in [1.165, 1.54) is 11.1 Å². The highest BCUT2D eigenvalue weighted by Gasteiger charge is 2.23. The van der Waals surface area contributed by atoms with Gasteiger partial charge in [0.25, 0.3) is 0 Å². The molecule has 2 rings (SSSR count). The zero-order valence-electron chi connectivity index (χ0n) is 8.23. The first-order valence-electron chi connectivity index (χ1n) is 4.76. The number of nitrogens with zero attached hydrogens (tertiary/aromatic N) is 1. The minimum absolute atomic E-state index is 0.0289. The van der Waals surface area contributed by atoms with E-state index in [0.717, 1.165) is 0 Å². The summed E-state index contributed by atoms with van der Waals surface area (Å²) < 4.78 is 0. The molecule has 14 heavy (non-hydrogen) atoms. The Bertz CT molecular complexity index is 329. The zero-order chi connectivity index (χ0) is 10.1. The Labute approximate surface area is 83.5 Å². The van der Waals surface area contributed by atoms with Crippen LogP contribution in [-0.4, -0.2) is 23.9 Å². The maximum Gasteiger partial charge on any atom is 0.239 e. The topological polar surface area (TPSA) is 46.3 Å². The molecule has 1 heterocycles. The first kappa shape index (κ1) is 9.21. The van der Waals surface area contributed by atoms with Crippen molar-refractivity contribution in [3.8, 4) is 0 Å². The molecule has 0 unspecified atom stereocenters. The first-order chi connectivity index (χ1) is 6.68. The Balaban J connectivity index is 2.39. The number of nitrogens with two attached hydrogens (primary N) is 1. The standard InChI is InChI=1S/C11H14N2O/c1-13-7-9-5-3-2-4-8(9)6-10(12)11(13)14/h2-5,10H,6-7,12H2,1H3/t10-/m0/s1. The largest absolute Gasteiger partial charge is 0.340 e. The summed E-state index contributed by atoms with van der Waals surface area (Å²) in [7, 11) is 1.80. The lowest BCUT2D eigenvalue weighted by atomic mass is 10.0. The maximum absolute atomic E-state index is 11.6. The number of fused-ring (bicyclic) bond motifs is 1. The molecule has 0 aliphatic carbocycles. The minimum atomic E-state index is -0.386. The summed E-state index contributed by atoms with van der Waals surface area (Å²) in [6.07, 6.45) is 0.652. The normalized spacial score (nSPS) is 21.7. The van der Waals surface area contributed by atoms with E-state index in [9.17, 15) is 4.79 Å². The van der Waals surface area contributed by atoms with Gasteiger partial charge in [-0.2, -0.15) is 0 Å². The molecule has 0 saturated heterocycles. The molecule has 74 valence electrons. The van der Waals surface area contributed by atoms with Crippen molar-refractivity contribution in [1.82, 2.24) is 4.90 Å². The molecule has 0 spiro atoms. The Hall–Kier alpha value is -1.35. The van der Waals surface area contributed by atoms with Crippen LogP contribution in [0, 0.1) is 0 Å². The van der Waals surface area contributed by atoms with Crippen molar-refractivity contribution in [2.75, 3.05) is 7.05 Å². The van der Waals surface area contributed by atoms with Crippen LogP contribution in [0.5, 0.6) is 0 Å². The van der Waals surface area contributed by atoms with Crippen molar-refractivity contribution < 1.29 is 4.79 Å². The molecule has 0 fully saturated rings. The molecule has 1 aliphatic rings. The second kappa shape index (κ2) is 3.42. The summed E-state index contributed by atoms with van der Waals surface area (Å²) in [5, 5.41) is 0. The number of benzene rings is 1. The average Bonchev–Trinajstić information content (AvgIpc) is 2.28. The number of carbonyl (C=O) groups is 1. The number of carbonyl (C=O) groups excluding carboxylic acids is 1. The summed E-state index contributed by atoms with van der Waals surface area (Å²) in [5.41, 5.74) is 8.19. The first-order valence-corrected chi connectivity index (χ1v) is 4.76. The van der Waals surface area contributed by atoms with E-state index in [-0.39, 0.29) is 11.9 Å².